The standard InChI is InChI=1S/C11H21NO4.C9H11NO2/c1-7(2)6-8(9(13)14)12-10(15)16-11(3,4)5;10-8(9(11)12)6-7-4-2-1-3-5-7/h7-8H,6H2,1-5H3,(H,12,15)(H,13,14);1-5,8H,6,10H2,(H,11,12). The minimum atomic E-state index is -1.04. The van der Waals surface area contributed by atoms with Crippen molar-refractivity contribution in [3.05, 3.63) is 35.9 Å². The smallest absolute Gasteiger partial charge is 0.408 e. The number of amides is 1. The zero-order chi connectivity index (χ0) is 21.9. The number of carboxylic acid groups (broad SMARTS) is 2. The normalized spacial score (nSPS) is 13.0. The van der Waals surface area contributed by atoms with Crippen LogP contribution in [0.3, 0.4) is 0 Å². The van der Waals surface area contributed by atoms with Gasteiger partial charge in [-0.05, 0) is 45.1 Å². The van der Waals surface area contributed by atoms with Crippen LogP contribution in [0.4, 0.5) is 4.79 Å². The summed E-state index contributed by atoms with van der Waals surface area (Å²) in [6.45, 7) is 8.97. The summed E-state index contributed by atoms with van der Waals surface area (Å²) in [6, 6.07) is 7.65. The third-order valence-corrected chi connectivity index (χ3v) is 3.31. The topological polar surface area (TPSA) is 139 Å². The van der Waals surface area contributed by atoms with Crippen LogP contribution in [0, 0.1) is 5.92 Å². The summed E-state index contributed by atoms with van der Waals surface area (Å²) in [6.07, 6.45) is 0.0747. The van der Waals surface area contributed by atoms with Gasteiger partial charge in [0.15, 0.2) is 0 Å². The van der Waals surface area contributed by atoms with Crippen molar-refractivity contribution in [3.63, 3.8) is 0 Å². The van der Waals surface area contributed by atoms with Gasteiger partial charge in [0.2, 0.25) is 0 Å². The molecule has 1 rings (SSSR count). The second kappa shape index (κ2) is 12.0. The molecule has 0 bridgehead atoms. The monoisotopic (exact) mass is 396 g/mol. The van der Waals surface area contributed by atoms with Crippen LogP contribution >= 0.6 is 0 Å². The number of aliphatic carboxylic acids is 2. The van der Waals surface area contributed by atoms with Gasteiger partial charge < -0.3 is 26.0 Å². The van der Waals surface area contributed by atoms with Gasteiger partial charge in [0, 0.05) is 0 Å². The van der Waals surface area contributed by atoms with Crippen LogP contribution < -0.4 is 11.1 Å². The van der Waals surface area contributed by atoms with Crippen LogP contribution in [0.2, 0.25) is 0 Å². The molecule has 0 saturated carbocycles. The summed E-state index contributed by atoms with van der Waals surface area (Å²) < 4.78 is 4.99. The number of carbonyl (C=O) groups is 3. The molecule has 5 N–H and O–H groups in total. The number of carbonyl (C=O) groups excluding carboxylic acids is 1. The molecule has 0 fully saturated rings. The maximum Gasteiger partial charge on any atom is 0.408 e. The van der Waals surface area contributed by atoms with E-state index in [1.54, 1.807) is 20.8 Å². The quantitative estimate of drug-likeness (QED) is 0.555. The van der Waals surface area contributed by atoms with E-state index in [4.69, 9.17) is 20.7 Å². The molecule has 0 saturated heterocycles. The third-order valence-electron chi connectivity index (χ3n) is 3.31. The fraction of sp³-hybridized carbons (Fsp3) is 0.550. The van der Waals surface area contributed by atoms with Crippen molar-refractivity contribution in [2.75, 3.05) is 0 Å². The highest BCUT2D eigenvalue weighted by atomic mass is 16.6. The van der Waals surface area contributed by atoms with Crippen LogP contribution in [0.15, 0.2) is 30.3 Å². The number of alkyl carbamates (subject to hydrolysis) is 1. The number of carboxylic acids is 2. The zero-order valence-electron chi connectivity index (χ0n) is 17.1. The van der Waals surface area contributed by atoms with Gasteiger partial charge >= 0.3 is 18.0 Å². The Morgan fingerprint density at radius 1 is 1.07 bits per heavy atom. The zero-order valence-corrected chi connectivity index (χ0v) is 17.1. The number of hydrogen-bond acceptors (Lipinski definition) is 5. The Morgan fingerprint density at radius 3 is 2.00 bits per heavy atom. The molecule has 0 radical (unpaired) electrons. The van der Waals surface area contributed by atoms with Crippen LogP contribution in [0.5, 0.6) is 0 Å². The first-order valence-corrected chi connectivity index (χ1v) is 9.06. The first kappa shape index (κ1) is 25.4. The molecule has 8 heteroatoms. The van der Waals surface area contributed by atoms with Crippen LogP contribution in [0.25, 0.3) is 0 Å². The highest BCUT2D eigenvalue weighted by molar-refractivity contribution is 5.80. The summed E-state index contributed by atoms with van der Waals surface area (Å²) in [5.41, 5.74) is 5.68. The average Bonchev–Trinajstić information content (AvgIpc) is 2.53. The molecule has 0 aliphatic rings. The van der Waals surface area contributed by atoms with E-state index in [1.807, 2.05) is 44.2 Å². The number of nitrogens with two attached hydrogens (primary N) is 1. The number of hydrogen-bond donors (Lipinski definition) is 4. The van der Waals surface area contributed by atoms with Gasteiger partial charge in [-0.1, -0.05) is 44.2 Å². The van der Waals surface area contributed by atoms with E-state index in [9.17, 15) is 14.4 Å². The molecule has 158 valence electrons. The van der Waals surface area contributed by atoms with Gasteiger partial charge in [-0.25, -0.2) is 9.59 Å². The lowest BCUT2D eigenvalue weighted by Gasteiger charge is -2.22. The van der Waals surface area contributed by atoms with Crippen molar-refractivity contribution in [1.29, 1.82) is 0 Å². The Labute approximate surface area is 166 Å². The van der Waals surface area contributed by atoms with Crippen LogP contribution in [0.1, 0.15) is 46.6 Å². The molecule has 0 aromatic heterocycles. The van der Waals surface area contributed by atoms with Crippen LogP contribution in [-0.4, -0.2) is 45.9 Å². The fourth-order valence-electron chi connectivity index (χ4n) is 2.10. The molecule has 0 heterocycles. The van der Waals surface area contributed by atoms with Gasteiger partial charge in [0.1, 0.15) is 17.7 Å². The lowest BCUT2D eigenvalue weighted by Crippen LogP contribution is -2.44. The minimum Gasteiger partial charge on any atom is -0.480 e. The molecule has 1 aromatic rings. The van der Waals surface area contributed by atoms with Gasteiger partial charge in [0.05, 0.1) is 0 Å². The lowest BCUT2D eigenvalue weighted by molar-refractivity contribution is -0.140. The van der Waals surface area contributed by atoms with E-state index in [0.717, 1.165) is 5.56 Å². The lowest BCUT2D eigenvalue weighted by atomic mass is 10.0. The Balaban J connectivity index is 0.000000540. The van der Waals surface area contributed by atoms with Crippen molar-refractivity contribution < 1.29 is 29.3 Å². The van der Waals surface area contributed by atoms with E-state index in [-0.39, 0.29) is 5.92 Å². The first-order chi connectivity index (χ1) is 12.8. The molecule has 1 aromatic carbocycles. The highest BCUT2D eigenvalue weighted by Crippen LogP contribution is 2.09. The Morgan fingerprint density at radius 2 is 1.61 bits per heavy atom. The Hall–Kier alpha value is -2.61. The summed E-state index contributed by atoms with van der Waals surface area (Å²) >= 11 is 0. The second-order valence-corrected chi connectivity index (χ2v) is 7.80. The van der Waals surface area contributed by atoms with E-state index < -0.39 is 35.7 Å². The van der Waals surface area contributed by atoms with Crippen molar-refractivity contribution >= 4 is 18.0 Å². The fourth-order valence-corrected chi connectivity index (χ4v) is 2.10. The Kier molecular flexibility index (Phi) is 10.9. The number of ether oxygens (including phenoxy) is 1. The predicted octanol–water partition coefficient (Wildman–Crippen LogP) is 2.65. The van der Waals surface area contributed by atoms with Gasteiger partial charge in [-0.3, -0.25) is 4.79 Å². The average molecular weight is 396 g/mol. The molecule has 0 spiro atoms. The first-order valence-electron chi connectivity index (χ1n) is 9.06. The summed E-state index contributed by atoms with van der Waals surface area (Å²) in [4.78, 5) is 32.6. The van der Waals surface area contributed by atoms with Crippen molar-refractivity contribution in [2.45, 2.75) is 65.1 Å². The van der Waals surface area contributed by atoms with E-state index in [2.05, 4.69) is 5.32 Å². The molecule has 1 amide bonds. The maximum absolute atomic E-state index is 11.4. The van der Waals surface area contributed by atoms with E-state index in [1.165, 1.54) is 0 Å². The summed E-state index contributed by atoms with van der Waals surface area (Å²) in [5, 5.41) is 19.8. The molecule has 28 heavy (non-hydrogen) atoms. The molecule has 0 aliphatic heterocycles. The number of rotatable bonds is 7. The number of nitrogens with one attached hydrogen (secondary N) is 1. The maximum atomic E-state index is 11.4. The second-order valence-electron chi connectivity index (χ2n) is 7.80. The van der Waals surface area contributed by atoms with Crippen LogP contribution in [-0.2, 0) is 20.7 Å². The summed E-state index contributed by atoms with van der Waals surface area (Å²) in [7, 11) is 0. The van der Waals surface area contributed by atoms with Gasteiger partial charge in [0.25, 0.3) is 0 Å². The predicted molar refractivity (Wildman–Crippen MR) is 106 cm³/mol. The summed E-state index contributed by atoms with van der Waals surface area (Å²) in [5.74, 6) is -1.81. The van der Waals surface area contributed by atoms with Crippen molar-refractivity contribution in [2.24, 2.45) is 11.7 Å². The molecule has 8 nitrogen and oxygen atoms in total. The van der Waals surface area contributed by atoms with Gasteiger partial charge in [-0.2, -0.15) is 0 Å². The van der Waals surface area contributed by atoms with Crippen molar-refractivity contribution in [3.8, 4) is 0 Å². The van der Waals surface area contributed by atoms with Gasteiger partial charge in [-0.15, -0.1) is 0 Å². The molecule has 2 unspecified atom stereocenters. The molecular formula is C20H32N2O6. The SMILES string of the molecule is CC(C)CC(NC(=O)OC(C)(C)C)C(=O)O.NC(Cc1ccccc1)C(=O)O. The molecular weight excluding hydrogens is 364 g/mol. The van der Waals surface area contributed by atoms with Crippen molar-refractivity contribution in [1.82, 2.24) is 5.32 Å². The number of benzene rings is 1. The molecule has 0 aliphatic carbocycles. The van der Waals surface area contributed by atoms with E-state index in [0.29, 0.717) is 12.8 Å². The molecule has 2 atom stereocenters. The highest BCUT2D eigenvalue weighted by Gasteiger charge is 2.24. The van der Waals surface area contributed by atoms with E-state index >= 15 is 0 Å². The Bertz CT molecular complexity index is 625. The minimum absolute atomic E-state index is 0.191. The third kappa shape index (κ3) is 12.7. The largest absolute Gasteiger partial charge is 0.480 e.